The molecule has 1 N–H and O–H groups in total. The van der Waals surface area contributed by atoms with Gasteiger partial charge in [-0.25, -0.2) is 0 Å². The van der Waals surface area contributed by atoms with Crippen molar-refractivity contribution in [3.8, 4) is 11.5 Å². The third kappa shape index (κ3) is 3.55. The third-order valence-corrected chi connectivity index (χ3v) is 3.09. The van der Waals surface area contributed by atoms with Gasteiger partial charge in [-0.1, -0.05) is 31.5 Å². The van der Waals surface area contributed by atoms with Gasteiger partial charge in [0.05, 0.1) is 6.04 Å². The number of halogens is 1. The van der Waals surface area contributed by atoms with Crippen molar-refractivity contribution in [3.05, 3.63) is 35.2 Å². The summed E-state index contributed by atoms with van der Waals surface area (Å²) in [6, 6.07) is 7.53. The van der Waals surface area contributed by atoms with Gasteiger partial charge in [0.2, 0.25) is 11.8 Å². The molecule has 0 saturated heterocycles. The van der Waals surface area contributed by atoms with Crippen molar-refractivity contribution in [1.29, 1.82) is 0 Å². The van der Waals surface area contributed by atoms with Crippen LogP contribution in [-0.2, 0) is 0 Å². The van der Waals surface area contributed by atoms with Gasteiger partial charge in [-0.15, -0.1) is 10.2 Å². The number of benzene rings is 1. The van der Waals surface area contributed by atoms with E-state index in [1.54, 1.807) is 0 Å². The lowest BCUT2D eigenvalue weighted by Crippen LogP contribution is -2.21. The number of nitrogens with zero attached hydrogens (tertiary/aromatic N) is 2. The van der Waals surface area contributed by atoms with Crippen molar-refractivity contribution in [2.45, 2.75) is 32.7 Å². The van der Waals surface area contributed by atoms with Gasteiger partial charge in [0.1, 0.15) is 0 Å². The van der Waals surface area contributed by atoms with Crippen LogP contribution in [0.25, 0.3) is 11.5 Å². The molecule has 1 atom stereocenters. The summed E-state index contributed by atoms with van der Waals surface area (Å²) in [5, 5.41) is 12.3. The van der Waals surface area contributed by atoms with Gasteiger partial charge < -0.3 is 9.73 Å². The van der Waals surface area contributed by atoms with Crippen LogP contribution in [0.5, 0.6) is 0 Å². The molecule has 0 aliphatic rings. The minimum Gasteiger partial charge on any atom is -0.419 e. The van der Waals surface area contributed by atoms with Gasteiger partial charge >= 0.3 is 0 Å². The lowest BCUT2D eigenvalue weighted by Gasteiger charge is -2.11. The first-order valence-electron chi connectivity index (χ1n) is 6.57. The Labute approximate surface area is 118 Å². The lowest BCUT2D eigenvalue weighted by atomic mass is 10.2. The van der Waals surface area contributed by atoms with E-state index in [0.29, 0.717) is 16.8 Å². The van der Waals surface area contributed by atoms with Crippen LogP contribution in [0.4, 0.5) is 0 Å². The Balaban J connectivity index is 2.18. The first-order valence-corrected chi connectivity index (χ1v) is 6.95. The Hall–Kier alpha value is -1.39. The summed E-state index contributed by atoms with van der Waals surface area (Å²) in [5.41, 5.74) is 0.844. The molecular weight excluding hydrogens is 262 g/mol. The fourth-order valence-corrected chi connectivity index (χ4v) is 2.03. The second-order valence-corrected chi connectivity index (χ2v) is 4.81. The molecule has 2 rings (SSSR count). The Morgan fingerprint density at radius 2 is 2.16 bits per heavy atom. The highest BCUT2D eigenvalue weighted by Gasteiger charge is 2.16. The second kappa shape index (κ2) is 6.68. The van der Waals surface area contributed by atoms with Crippen molar-refractivity contribution in [1.82, 2.24) is 15.5 Å². The molecule has 4 nitrogen and oxygen atoms in total. The maximum absolute atomic E-state index is 5.96. The molecule has 5 heteroatoms. The molecule has 0 radical (unpaired) electrons. The molecule has 102 valence electrons. The van der Waals surface area contributed by atoms with E-state index < -0.39 is 0 Å². The van der Waals surface area contributed by atoms with Crippen molar-refractivity contribution in [2.75, 3.05) is 6.54 Å². The summed E-state index contributed by atoms with van der Waals surface area (Å²) < 4.78 is 5.73. The summed E-state index contributed by atoms with van der Waals surface area (Å²) in [7, 11) is 0. The minimum atomic E-state index is 0.111. The Kier molecular flexibility index (Phi) is 4.93. The number of hydrogen-bond donors (Lipinski definition) is 1. The predicted molar refractivity (Wildman–Crippen MR) is 76.1 cm³/mol. The van der Waals surface area contributed by atoms with Gasteiger partial charge in [-0.05, 0) is 37.6 Å². The van der Waals surface area contributed by atoms with Crippen LogP contribution in [0.3, 0.4) is 0 Å². The van der Waals surface area contributed by atoms with E-state index in [4.69, 9.17) is 16.0 Å². The van der Waals surface area contributed by atoms with Gasteiger partial charge in [-0.3, -0.25) is 0 Å². The van der Waals surface area contributed by atoms with Crippen LogP contribution < -0.4 is 5.32 Å². The quantitative estimate of drug-likeness (QED) is 0.873. The maximum atomic E-state index is 5.96. The lowest BCUT2D eigenvalue weighted by molar-refractivity contribution is 0.396. The third-order valence-electron chi connectivity index (χ3n) is 2.86. The molecule has 19 heavy (non-hydrogen) atoms. The summed E-state index contributed by atoms with van der Waals surface area (Å²) in [4.78, 5) is 0. The molecule has 0 aliphatic heterocycles. The smallest absolute Gasteiger partial charge is 0.247 e. The summed E-state index contributed by atoms with van der Waals surface area (Å²) >= 11 is 5.96. The molecule has 0 aliphatic carbocycles. The van der Waals surface area contributed by atoms with Gasteiger partial charge in [0.25, 0.3) is 0 Å². The van der Waals surface area contributed by atoms with E-state index >= 15 is 0 Å². The van der Waals surface area contributed by atoms with Crippen LogP contribution in [-0.4, -0.2) is 16.7 Å². The SMILES string of the molecule is CCCNC(CC)c1nnc(-c2cccc(Cl)c2)o1. The number of hydrogen-bond acceptors (Lipinski definition) is 4. The maximum Gasteiger partial charge on any atom is 0.247 e. The first kappa shape index (κ1) is 14.0. The van der Waals surface area contributed by atoms with Crippen LogP contribution in [0.1, 0.15) is 38.6 Å². The molecule has 0 bridgehead atoms. The molecule has 1 aromatic carbocycles. The van der Waals surface area contributed by atoms with Crippen molar-refractivity contribution in [3.63, 3.8) is 0 Å². The molecule has 0 saturated carbocycles. The van der Waals surface area contributed by atoms with E-state index in [-0.39, 0.29) is 6.04 Å². The number of nitrogens with one attached hydrogen (secondary N) is 1. The largest absolute Gasteiger partial charge is 0.419 e. The molecule has 1 heterocycles. The molecular formula is C14H18ClN3O. The topological polar surface area (TPSA) is 51.0 Å². The van der Waals surface area contributed by atoms with Crippen molar-refractivity contribution in [2.24, 2.45) is 0 Å². The molecule has 2 aromatic rings. The average molecular weight is 280 g/mol. The van der Waals surface area contributed by atoms with E-state index in [9.17, 15) is 0 Å². The highest BCUT2D eigenvalue weighted by Crippen LogP contribution is 2.24. The van der Waals surface area contributed by atoms with Crippen molar-refractivity contribution >= 4 is 11.6 Å². The van der Waals surface area contributed by atoms with Crippen LogP contribution in [0.2, 0.25) is 5.02 Å². The zero-order chi connectivity index (χ0) is 13.7. The van der Waals surface area contributed by atoms with Gasteiger partial charge in [-0.2, -0.15) is 0 Å². The minimum absolute atomic E-state index is 0.111. The summed E-state index contributed by atoms with van der Waals surface area (Å²) in [6.07, 6.45) is 1.99. The molecule has 0 spiro atoms. The van der Waals surface area contributed by atoms with E-state index in [1.807, 2.05) is 24.3 Å². The zero-order valence-corrected chi connectivity index (χ0v) is 11.9. The average Bonchev–Trinajstić information content (AvgIpc) is 2.89. The van der Waals surface area contributed by atoms with Crippen LogP contribution >= 0.6 is 11.6 Å². The molecule has 0 amide bonds. The first-order chi connectivity index (χ1) is 9.24. The predicted octanol–water partition coefficient (Wildman–Crippen LogP) is 3.84. The zero-order valence-electron chi connectivity index (χ0n) is 11.2. The Bertz CT molecular complexity index is 527. The van der Waals surface area contributed by atoms with E-state index in [2.05, 4.69) is 29.4 Å². The van der Waals surface area contributed by atoms with E-state index in [1.165, 1.54) is 0 Å². The second-order valence-electron chi connectivity index (χ2n) is 4.37. The Morgan fingerprint density at radius 1 is 1.32 bits per heavy atom. The number of rotatable bonds is 6. The molecule has 1 unspecified atom stereocenters. The number of aromatic nitrogens is 2. The van der Waals surface area contributed by atoms with Crippen LogP contribution in [0, 0.1) is 0 Å². The van der Waals surface area contributed by atoms with Crippen molar-refractivity contribution < 1.29 is 4.42 Å². The van der Waals surface area contributed by atoms with Gasteiger partial charge in [0.15, 0.2) is 0 Å². The monoisotopic (exact) mass is 279 g/mol. The molecule has 0 fully saturated rings. The fraction of sp³-hybridized carbons (Fsp3) is 0.429. The highest BCUT2D eigenvalue weighted by atomic mass is 35.5. The van der Waals surface area contributed by atoms with E-state index in [0.717, 1.165) is 24.9 Å². The fourth-order valence-electron chi connectivity index (χ4n) is 1.84. The molecule has 1 aromatic heterocycles. The normalized spacial score (nSPS) is 12.6. The Morgan fingerprint density at radius 3 is 2.84 bits per heavy atom. The summed E-state index contributed by atoms with van der Waals surface area (Å²) in [5.74, 6) is 1.14. The summed E-state index contributed by atoms with van der Waals surface area (Å²) in [6.45, 7) is 5.16. The van der Waals surface area contributed by atoms with Crippen LogP contribution in [0.15, 0.2) is 28.7 Å². The standard InChI is InChI=1S/C14H18ClN3O/c1-3-8-16-12(4-2)14-18-17-13(19-14)10-6-5-7-11(15)9-10/h5-7,9,12,16H,3-4,8H2,1-2H3. The van der Waals surface area contributed by atoms with Gasteiger partial charge in [0, 0.05) is 10.6 Å². The highest BCUT2D eigenvalue weighted by molar-refractivity contribution is 6.30.